The first-order valence-corrected chi connectivity index (χ1v) is 15.2. The Bertz CT molecular complexity index is 1550. The van der Waals surface area contributed by atoms with Gasteiger partial charge in [-0.25, -0.2) is 14.2 Å². The van der Waals surface area contributed by atoms with Crippen molar-refractivity contribution >= 4 is 57.6 Å². The van der Waals surface area contributed by atoms with E-state index in [4.69, 9.17) is 49.0 Å². The molecule has 3 fully saturated rings. The molecule has 1 saturated carbocycles. The minimum Gasteiger partial charge on any atom is -0.467 e. The quantitative estimate of drug-likeness (QED) is 0.201. The molecular weight excluding hydrogens is 606 g/mol. The SMILES string of the molecule is COCOc1cc(Cl)c(C2CC2)c(-c2c(Cl)cc3c(N4C[C@H]5CC[C@@H](C4)N5C(=O)OC(C)(C)C)nc(Cl)nc3c2F)c1. The van der Waals surface area contributed by atoms with Crippen LogP contribution < -0.4 is 9.64 Å². The van der Waals surface area contributed by atoms with Crippen molar-refractivity contribution in [3.05, 3.63) is 44.9 Å². The Kier molecular flexibility index (Phi) is 7.83. The molecule has 224 valence electrons. The van der Waals surface area contributed by atoms with Gasteiger partial charge in [0.05, 0.1) is 17.1 Å². The topological polar surface area (TPSA) is 77.0 Å². The van der Waals surface area contributed by atoms with Crippen LogP contribution in [0.25, 0.3) is 22.0 Å². The maximum atomic E-state index is 16.6. The maximum absolute atomic E-state index is 16.6. The van der Waals surface area contributed by atoms with Crippen LogP contribution >= 0.6 is 34.8 Å². The summed E-state index contributed by atoms with van der Waals surface area (Å²) in [6, 6.07) is 5.01. The number of nitrogens with zero attached hydrogens (tertiary/aromatic N) is 4. The smallest absolute Gasteiger partial charge is 0.410 e. The van der Waals surface area contributed by atoms with Gasteiger partial charge in [-0.1, -0.05) is 23.2 Å². The van der Waals surface area contributed by atoms with Gasteiger partial charge < -0.3 is 19.1 Å². The molecule has 3 aliphatic rings. The van der Waals surface area contributed by atoms with Gasteiger partial charge in [-0.05, 0) is 93.3 Å². The lowest BCUT2D eigenvalue weighted by molar-refractivity contribution is 0.0123. The highest BCUT2D eigenvalue weighted by Gasteiger charge is 2.45. The number of rotatable bonds is 6. The first-order chi connectivity index (χ1) is 19.9. The van der Waals surface area contributed by atoms with Crippen molar-refractivity contribution in [2.45, 2.75) is 70.1 Å². The highest BCUT2D eigenvalue weighted by Crippen LogP contribution is 2.51. The fourth-order valence-electron chi connectivity index (χ4n) is 6.13. The first kappa shape index (κ1) is 29.5. The maximum Gasteiger partial charge on any atom is 0.410 e. The Balaban J connectivity index is 1.41. The molecule has 42 heavy (non-hydrogen) atoms. The van der Waals surface area contributed by atoms with Crippen LogP contribution in [0.3, 0.4) is 0 Å². The van der Waals surface area contributed by atoms with Crippen LogP contribution in [0, 0.1) is 5.82 Å². The molecule has 8 nitrogen and oxygen atoms in total. The number of carbonyl (C=O) groups is 1. The molecule has 0 N–H and O–H groups in total. The normalized spacial score (nSPS) is 20.4. The predicted octanol–water partition coefficient (Wildman–Crippen LogP) is 7.84. The Hall–Kier alpha value is -2.59. The molecule has 1 aromatic heterocycles. The third kappa shape index (κ3) is 5.56. The van der Waals surface area contributed by atoms with E-state index in [2.05, 4.69) is 9.97 Å². The Morgan fingerprint density at radius 2 is 1.71 bits per heavy atom. The van der Waals surface area contributed by atoms with Gasteiger partial charge in [0.2, 0.25) is 5.28 Å². The number of fused-ring (bicyclic) bond motifs is 3. The Morgan fingerprint density at radius 3 is 2.33 bits per heavy atom. The summed E-state index contributed by atoms with van der Waals surface area (Å²) in [6.45, 7) is 6.58. The molecule has 0 spiro atoms. The van der Waals surface area contributed by atoms with E-state index in [1.54, 1.807) is 18.2 Å². The zero-order valence-corrected chi connectivity index (χ0v) is 26.1. The van der Waals surface area contributed by atoms with Gasteiger partial charge >= 0.3 is 6.09 Å². The minimum atomic E-state index is -0.611. The van der Waals surface area contributed by atoms with Crippen molar-refractivity contribution in [1.29, 1.82) is 0 Å². The average molecular weight is 638 g/mol. The lowest BCUT2D eigenvalue weighted by atomic mass is 9.94. The number of benzene rings is 2. The van der Waals surface area contributed by atoms with Crippen LogP contribution in [0.1, 0.15) is 57.9 Å². The number of hydrogen-bond acceptors (Lipinski definition) is 7. The van der Waals surface area contributed by atoms with Crippen molar-refractivity contribution in [3.63, 3.8) is 0 Å². The largest absolute Gasteiger partial charge is 0.467 e. The molecule has 2 atom stereocenters. The van der Waals surface area contributed by atoms with Crippen LogP contribution in [0.2, 0.25) is 15.3 Å². The molecule has 1 aliphatic carbocycles. The molecule has 12 heteroatoms. The van der Waals surface area contributed by atoms with Crippen molar-refractivity contribution in [2.24, 2.45) is 0 Å². The summed E-state index contributed by atoms with van der Waals surface area (Å²) < 4.78 is 33.0. The van der Waals surface area contributed by atoms with E-state index in [9.17, 15) is 4.79 Å². The van der Waals surface area contributed by atoms with Gasteiger partial charge in [-0.3, -0.25) is 4.90 Å². The Labute approximate surface area is 259 Å². The van der Waals surface area contributed by atoms with Gasteiger partial charge in [0, 0.05) is 36.2 Å². The van der Waals surface area contributed by atoms with E-state index in [1.807, 2.05) is 30.6 Å². The molecular formula is C30H32Cl3FN4O4. The van der Waals surface area contributed by atoms with Crippen LogP contribution in [0.15, 0.2) is 18.2 Å². The monoisotopic (exact) mass is 636 g/mol. The summed E-state index contributed by atoms with van der Waals surface area (Å²) in [5.74, 6) is 0.518. The third-order valence-electron chi connectivity index (χ3n) is 7.92. The molecule has 2 aromatic carbocycles. The van der Waals surface area contributed by atoms with Crippen molar-refractivity contribution in [1.82, 2.24) is 14.9 Å². The number of halogens is 4. The fourth-order valence-corrected chi connectivity index (χ4v) is 6.95. The average Bonchev–Trinajstić information content (AvgIpc) is 3.70. The number of methoxy groups -OCH3 is 1. The lowest BCUT2D eigenvalue weighted by Crippen LogP contribution is -2.57. The molecule has 1 amide bonds. The van der Waals surface area contributed by atoms with Crippen LogP contribution in [0.5, 0.6) is 5.75 Å². The minimum absolute atomic E-state index is 0.0157. The van der Waals surface area contributed by atoms with Crippen molar-refractivity contribution in [2.75, 3.05) is 31.9 Å². The molecule has 6 rings (SSSR count). The number of carbonyl (C=O) groups excluding carboxylic acids is 1. The summed E-state index contributed by atoms with van der Waals surface area (Å²) in [5, 5.41) is 1.05. The van der Waals surface area contributed by atoms with E-state index in [0.29, 0.717) is 40.6 Å². The molecule has 2 aliphatic heterocycles. The molecule has 0 unspecified atom stereocenters. The zero-order chi connectivity index (χ0) is 29.9. The molecule has 3 aromatic rings. The second-order valence-electron chi connectivity index (χ2n) is 12.1. The van der Waals surface area contributed by atoms with Gasteiger partial charge in [0.1, 0.15) is 22.7 Å². The van der Waals surface area contributed by atoms with E-state index in [-0.39, 0.29) is 52.3 Å². The standard InChI is InChI=1S/C30H32Cl3FN4O4/c1-30(2,3)42-29(39)38-16-7-8-17(38)13-37(12-16)27-20-11-22(32)24(25(34)26(20)35-28(33)36-27)19-9-18(41-14-40-4)10-21(31)23(19)15-5-6-15/h9-11,15-17H,5-8,12-14H2,1-4H3/t16-,17+. The summed E-state index contributed by atoms with van der Waals surface area (Å²) in [5.41, 5.74) is 1.05. The number of anilines is 1. The van der Waals surface area contributed by atoms with Crippen LogP contribution in [-0.2, 0) is 9.47 Å². The Morgan fingerprint density at radius 1 is 1.02 bits per heavy atom. The number of ether oxygens (including phenoxy) is 3. The number of amides is 1. The van der Waals surface area contributed by atoms with Gasteiger partial charge in [0.25, 0.3) is 0 Å². The third-order valence-corrected chi connectivity index (χ3v) is 8.70. The molecule has 2 bridgehead atoms. The fraction of sp³-hybridized carbons (Fsp3) is 0.500. The van der Waals surface area contributed by atoms with E-state index < -0.39 is 11.4 Å². The van der Waals surface area contributed by atoms with Gasteiger partial charge in [-0.2, -0.15) is 4.98 Å². The second kappa shape index (κ2) is 11.2. The summed E-state index contributed by atoms with van der Waals surface area (Å²) in [7, 11) is 1.52. The van der Waals surface area contributed by atoms with E-state index in [1.165, 1.54) is 7.11 Å². The lowest BCUT2D eigenvalue weighted by Gasteiger charge is -2.42. The number of aromatic nitrogens is 2. The molecule has 0 radical (unpaired) electrons. The van der Waals surface area contributed by atoms with Crippen molar-refractivity contribution < 1.29 is 23.4 Å². The molecule has 2 saturated heterocycles. The first-order valence-electron chi connectivity index (χ1n) is 14.0. The highest BCUT2D eigenvalue weighted by atomic mass is 35.5. The van der Waals surface area contributed by atoms with Crippen LogP contribution in [0.4, 0.5) is 15.0 Å². The van der Waals surface area contributed by atoms with Gasteiger partial charge in [-0.15, -0.1) is 0 Å². The zero-order valence-electron chi connectivity index (χ0n) is 23.8. The van der Waals surface area contributed by atoms with Crippen LogP contribution in [-0.4, -0.2) is 65.6 Å². The van der Waals surface area contributed by atoms with E-state index >= 15 is 4.39 Å². The van der Waals surface area contributed by atoms with E-state index in [0.717, 1.165) is 31.2 Å². The summed E-state index contributed by atoms with van der Waals surface area (Å²) in [4.78, 5) is 25.7. The second-order valence-corrected chi connectivity index (χ2v) is 13.3. The molecule has 3 heterocycles. The number of piperazine rings is 1. The van der Waals surface area contributed by atoms with Crippen molar-refractivity contribution in [3.8, 4) is 16.9 Å². The highest BCUT2D eigenvalue weighted by molar-refractivity contribution is 6.35. The van der Waals surface area contributed by atoms with Gasteiger partial charge in [0.15, 0.2) is 12.6 Å². The summed E-state index contributed by atoms with van der Waals surface area (Å²) >= 11 is 20.0. The summed E-state index contributed by atoms with van der Waals surface area (Å²) in [6.07, 6.45) is 3.26. The number of hydrogen-bond donors (Lipinski definition) is 0. The predicted molar refractivity (Wildman–Crippen MR) is 162 cm³/mol.